The van der Waals surface area contributed by atoms with E-state index in [0.29, 0.717) is 6.04 Å². The van der Waals surface area contributed by atoms with Crippen molar-refractivity contribution in [3.63, 3.8) is 0 Å². The van der Waals surface area contributed by atoms with Crippen molar-refractivity contribution in [3.05, 3.63) is 0 Å². The summed E-state index contributed by atoms with van der Waals surface area (Å²) in [7, 11) is 0. The van der Waals surface area contributed by atoms with Crippen molar-refractivity contribution in [1.82, 2.24) is 10.2 Å². The molecule has 1 heterocycles. The van der Waals surface area contributed by atoms with Gasteiger partial charge in [-0.2, -0.15) is 0 Å². The number of hydrogen-bond donors (Lipinski definition) is 1. The summed E-state index contributed by atoms with van der Waals surface area (Å²) in [5, 5.41) is 3.93. The standard InChI is InChI=1S/C15H30N2/c1-4-13-9-15(11-17(10-13)12(2)3)16-14-7-5-6-8-14/h12-16H,4-11H2,1-3H3. The van der Waals surface area contributed by atoms with Gasteiger partial charge in [0.25, 0.3) is 0 Å². The van der Waals surface area contributed by atoms with Gasteiger partial charge in [0, 0.05) is 31.2 Å². The summed E-state index contributed by atoms with van der Waals surface area (Å²) in [6, 6.07) is 2.28. The Morgan fingerprint density at radius 2 is 1.82 bits per heavy atom. The Morgan fingerprint density at radius 3 is 2.41 bits per heavy atom. The third-order valence-electron chi connectivity index (χ3n) is 4.70. The van der Waals surface area contributed by atoms with Crippen LogP contribution in [0.1, 0.15) is 59.3 Å². The summed E-state index contributed by atoms with van der Waals surface area (Å²) in [6.07, 6.45) is 8.44. The summed E-state index contributed by atoms with van der Waals surface area (Å²) < 4.78 is 0. The van der Waals surface area contributed by atoms with Crippen LogP contribution in [-0.4, -0.2) is 36.1 Å². The molecule has 100 valence electrons. The van der Waals surface area contributed by atoms with Gasteiger partial charge in [0.15, 0.2) is 0 Å². The van der Waals surface area contributed by atoms with Crippen molar-refractivity contribution in [3.8, 4) is 0 Å². The molecule has 2 heteroatoms. The highest BCUT2D eigenvalue weighted by Crippen LogP contribution is 2.24. The average molecular weight is 238 g/mol. The van der Waals surface area contributed by atoms with Crippen LogP contribution in [0.3, 0.4) is 0 Å². The van der Waals surface area contributed by atoms with E-state index in [0.717, 1.165) is 18.0 Å². The lowest BCUT2D eigenvalue weighted by molar-refractivity contribution is 0.105. The maximum Gasteiger partial charge on any atom is 0.0200 e. The van der Waals surface area contributed by atoms with Gasteiger partial charge < -0.3 is 5.32 Å². The molecule has 0 spiro atoms. The van der Waals surface area contributed by atoms with E-state index in [-0.39, 0.29) is 0 Å². The van der Waals surface area contributed by atoms with Gasteiger partial charge in [-0.05, 0) is 39.0 Å². The number of likely N-dealkylation sites (tertiary alicyclic amines) is 1. The van der Waals surface area contributed by atoms with E-state index in [2.05, 4.69) is 31.0 Å². The van der Waals surface area contributed by atoms with Gasteiger partial charge in [-0.3, -0.25) is 4.90 Å². The van der Waals surface area contributed by atoms with Crippen LogP contribution in [0.5, 0.6) is 0 Å². The molecule has 2 rings (SSSR count). The molecule has 2 aliphatic rings. The van der Waals surface area contributed by atoms with Crippen LogP contribution < -0.4 is 5.32 Å². The third-order valence-corrected chi connectivity index (χ3v) is 4.70. The van der Waals surface area contributed by atoms with E-state index in [1.54, 1.807) is 0 Å². The Kier molecular flexibility index (Phi) is 4.87. The molecule has 2 fully saturated rings. The lowest BCUT2D eigenvalue weighted by atomic mass is 9.91. The van der Waals surface area contributed by atoms with E-state index >= 15 is 0 Å². The summed E-state index contributed by atoms with van der Waals surface area (Å²) in [5.74, 6) is 0.907. The fourth-order valence-electron chi connectivity index (χ4n) is 3.50. The van der Waals surface area contributed by atoms with Gasteiger partial charge in [-0.15, -0.1) is 0 Å². The van der Waals surface area contributed by atoms with E-state index in [1.165, 1.54) is 51.6 Å². The summed E-state index contributed by atoms with van der Waals surface area (Å²) in [4.78, 5) is 2.67. The zero-order valence-corrected chi connectivity index (χ0v) is 11.9. The minimum atomic E-state index is 0.706. The molecule has 1 N–H and O–H groups in total. The number of nitrogens with one attached hydrogen (secondary N) is 1. The van der Waals surface area contributed by atoms with Crippen LogP contribution in [-0.2, 0) is 0 Å². The molecule has 0 bridgehead atoms. The van der Waals surface area contributed by atoms with Crippen molar-refractivity contribution < 1.29 is 0 Å². The third kappa shape index (κ3) is 3.69. The van der Waals surface area contributed by atoms with Crippen molar-refractivity contribution in [2.24, 2.45) is 5.92 Å². The van der Waals surface area contributed by atoms with Crippen molar-refractivity contribution in [2.45, 2.75) is 77.4 Å². The van der Waals surface area contributed by atoms with E-state index in [9.17, 15) is 0 Å². The minimum Gasteiger partial charge on any atom is -0.310 e. The molecule has 0 aromatic heterocycles. The number of piperidine rings is 1. The zero-order valence-electron chi connectivity index (χ0n) is 11.9. The molecular formula is C15H30N2. The van der Waals surface area contributed by atoms with E-state index in [1.807, 2.05) is 0 Å². The molecule has 17 heavy (non-hydrogen) atoms. The van der Waals surface area contributed by atoms with Crippen molar-refractivity contribution in [2.75, 3.05) is 13.1 Å². The summed E-state index contributed by atoms with van der Waals surface area (Å²) in [6.45, 7) is 9.61. The summed E-state index contributed by atoms with van der Waals surface area (Å²) >= 11 is 0. The maximum atomic E-state index is 3.93. The van der Waals surface area contributed by atoms with Crippen LogP contribution in [0, 0.1) is 5.92 Å². The molecule has 0 aromatic rings. The monoisotopic (exact) mass is 238 g/mol. The second-order valence-electron chi connectivity index (χ2n) is 6.40. The lowest BCUT2D eigenvalue weighted by Gasteiger charge is -2.41. The predicted octanol–water partition coefficient (Wildman–Crippen LogP) is 3.03. The van der Waals surface area contributed by atoms with E-state index in [4.69, 9.17) is 0 Å². The molecule has 1 saturated carbocycles. The van der Waals surface area contributed by atoms with Crippen LogP contribution in [0.25, 0.3) is 0 Å². The smallest absolute Gasteiger partial charge is 0.0200 e. The normalized spacial score (nSPS) is 32.5. The second-order valence-corrected chi connectivity index (χ2v) is 6.40. The van der Waals surface area contributed by atoms with Gasteiger partial charge in [0.1, 0.15) is 0 Å². The zero-order chi connectivity index (χ0) is 12.3. The Balaban J connectivity index is 1.86. The molecule has 2 nitrogen and oxygen atoms in total. The number of hydrogen-bond acceptors (Lipinski definition) is 2. The van der Waals surface area contributed by atoms with Crippen LogP contribution in [0.15, 0.2) is 0 Å². The molecule has 0 aromatic carbocycles. The molecular weight excluding hydrogens is 208 g/mol. The van der Waals surface area contributed by atoms with E-state index < -0.39 is 0 Å². The first-order valence-electron chi connectivity index (χ1n) is 7.69. The second kappa shape index (κ2) is 6.19. The first kappa shape index (κ1) is 13.4. The Morgan fingerprint density at radius 1 is 1.12 bits per heavy atom. The highest BCUT2D eigenvalue weighted by atomic mass is 15.2. The van der Waals surface area contributed by atoms with Gasteiger partial charge in [-0.25, -0.2) is 0 Å². The Hall–Kier alpha value is -0.0800. The molecule has 1 aliphatic carbocycles. The first-order valence-corrected chi connectivity index (χ1v) is 7.69. The minimum absolute atomic E-state index is 0.706. The molecule has 1 aliphatic heterocycles. The molecule has 2 unspecified atom stereocenters. The van der Waals surface area contributed by atoms with Crippen molar-refractivity contribution >= 4 is 0 Å². The SMILES string of the molecule is CCC1CC(NC2CCCC2)CN(C(C)C)C1. The predicted molar refractivity (Wildman–Crippen MR) is 74.3 cm³/mol. The number of rotatable bonds is 4. The largest absolute Gasteiger partial charge is 0.310 e. The van der Waals surface area contributed by atoms with Gasteiger partial charge in [0.05, 0.1) is 0 Å². The lowest BCUT2D eigenvalue weighted by Crippen LogP contribution is -2.53. The Bertz CT molecular complexity index is 219. The maximum absolute atomic E-state index is 3.93. The molecule has 0 amide bonds. The Labute approximate surface area is 107 Å². The molecule has 0 radical (unpaired) electrons. The van der Waals surface area contributed by atoms with Crippen LogP contribution in [0.4, 0.5) is 0 Å². The summed E-state index contributed by atoms with van der Waals surface area (Å²) in [5.41, 5.74) is 0. The highest BCUT2D eigenvalue weighted by Gasteiger charge is 2.29. The van der Waals surface area contributed by atoms with Gasteiger partial charge in [0.2, 0.25) is 0 Å². The average Bonchev–Trinajstić information content (AvgIpc) is 2.81. The first-order chi connectivity index (χ1) is 8.19. The number of nitrogens with zero attached hydrogens (tertiary/aromatic N) is 1. The van der Waals surface area contributed by atoms with Gasteiger partial charge >= 0.3 is 0 Å². The highest BCUT2D eigenvalue weighted by molar-refractivity contribution is 4.87. The fourth-order valence-corrected chi connectivity index (χ4v) is 3.50. The topological polar surface area (TPSA) is 15.3 Å². The molecule has 1 saturated heterocycles. The fraction of sp³-hybridized carbons (Fsp3) is 1.00. The van der Waals surface area contributed by atoms with Crippen LogP contribution in [0.2, 0.25) is 0 Å². The van der Waals surface area contributed by atoms with Crippen LogP contribution >= 0.6 is 0 Å². The molecule has 2 atom stereocenters. The quantitative estimate of drug-likeness (QED) is 0.810. The van der Waals surface area contributed by atoms with Crippen molar-refractivity contribution in [1.29, 1.82) is 0 Å². The van der Waals surface area contributed by atoms with Gasteiger partial charge in [-0.1, -0.05) is 26.2 Å².